The molecule has 0 spiro atoms. The van der Waals surface area contributed by atoms with Crippen LogP contribution in [0.15, 0.2) is 18.2 Å². The Morgan fingerprint density at radius 3 is 3.00 bits per heavy atom. The van der Waals surface area contributed by atoms with Crippen molar-refractivity contribution in [3.8, 4) is 0 Å². The van der Waals surface area contributed by atoms with E-state index >= 15 is 0 Å². The lowest BCUT2D eigenvalue weighted by Crippen LogP contribution is -2.31. The third-order valence-electron chi connectivity index (χ3n) is 3.36. The molecule has 1 aromatic carbocycles. The van der Waals surface area contributed by atoms with Crippen LogP contribution in [0.1, 0.15) is 18.4 Å². The van der Waals surface area contributed by atoms with Gasteiger partial charge in [0.25, 0.3) is 5.69 Å². The van der Waals surface area contributed by atoms with Crippen LogP contribution in [-0.4, -0.2) is 34.1 Å². The van der Waals surface area contributed by atoms with E-state index in [2.05, 4.69) is 0 Å². The zero-order chi connectivity index (χ0) is 13.1. The van der Waals surface area contributed by atoms with Gasteiger partial charge in [0.05, 0.1) is 22.1 Å². The molecule has 18 heavy (non-hydrogen) atoms. The van der Waals surface area contributed by atoms with Crippen molar-refractivity contribution in [3.63, 3.8) is 0 Å². The number of benzene rings is 1. The number of likely N-dealkylation sites (tertiary alicyclic amines) is 1. The molecule has 1 aromatic rings. The SMILES string of the molecule is O=[N+]([O-])c1cccc(Cl)c1CN1CCCC1CO. The lowest BCUT2D eigenvalue weighted by atomic mass is 10.1. The van der Waals surface area contributed by atoms with Gasteiger partial charge in [-0.1, -0.05) is 17.7 Å². The number of nitrogens with zero attached hydrogens (tertiary/aromatic N) is 2. The zero-order valence-corrected chi connectivity index (χ0v) is 10.6. The summed E-state index contributed by atoms with van der Waals surface area (Å²) in [6.07, 6.45) is 1.93. The number of aliphatic hydroxyl groups excluding tert-OH is 1. The van der Waals surface area contributed by atoms with Gasteiger partial charge in [-0.15, -0.1) is 0 Å². The Labute approximate surface area is 110 Å². The van der Waals surface area contributed by atoms with E-state index < -0.39 is 4.92 Å². The van der Waals surface area contributed by atoms with Crippen LogP contribution in [0.2, 0.25) is 5.02 Å². The molecule has 1 atom stereocenters. The highest BCUT2D eigenvalue weighted by Gasteiger charge is 2.27. The van der Waals surface area contributed by atoms with E-state index in [1.165, 1.54) is 6.07 Å². The molecule has 6 heteroatoms. The second-order valence-corrected chi connectivity index (χ2v) is 4.85. The summed E-state index contributed by atoms with van der Waals surface area (Å²) in [6, 6.07) is 4.79. The van der Waals surface area contributed by atoms with Crippen LogP contribution in [-0.2, 0) is 6.54 Å². The van der Waals surface area contributed by atoms with Gasteiger partial charge in [-0.3, -0.25) is 15.0 Å². The molecular formula is C12H15ClN2O3. The zero-order valence-electron chi connectivity index (χ0n) is 9.88. The van der Waals surface area contributed by atoms with Gasteiger partial charge in [0.2, 0.25) is 0 Å². The Hall–Kier alpha value is -1.17. The van der Waals surface area contributed by atoms with E-state index in [0.29, 0.717) is 17.1 Å². The lowest BCUT2D eigenvalue weighted by molar-refractivity contribution is -0.385. The highest BCUT2D eigenvalue weighted by Crippen LogP contribution is 2.30. The van der Waals surface area contributed by atoms with Gasteiger partial charge in [-0.05, 0) is 25.5 Å². The van der Waals surface area contributed by atoms with Crippen molar-refractivity contribution in [1.82, 2.24) is 4.90 Å². The monoisotopic (exact) mass is 270 g/mol. The number of halogens is 1. The standard InChI is InChI=1S/C12H15ClN2O3/c13-11-4-1-5-12(15(17)18)10(11)7-14-6-2-3-9(14)8-16/h1,4-5,9,16H,2-3,6-8H2. The van der Waals surface area contributed by atoms with Gasteiger partial charge in [0.1, 0.15) is 0 Å². The van der Waals surface area contributed by atoms with Crippen molar-refractivity contribution in [3.05, 3.63) is 38.9 Å². The van der Waals surface area contributed by atoms with Crippen LogP contribution >= 0.6 is 11.6 Å². The first kappa shape index (κ1) is 13.3. The summed E-state index contributed by atoms with van der Waals surface area (Å²) < 4.78 is 0. The number of nitro groups is 1. The number of rotatable bonds is 4. The molecule has 0 aliphatic carbocycles. The van der Waals surface area contributed by atoms with Gasteiger partial charge in [-0.2, -0.15) is 0 Å². The lowest BCUT2D eigenvalue weighted by Gasteiger charge is -2.22. The minimum atomic E-state index is -0.411. The fraction of sp³-hybridized carbons (Fsp3) is 0.500. The Balaban J connectivity index is 2.25. The Kier molecular flexibility index (Phi) is 4.16. The minimum Gasteiger partial charge on any atom is -0.395 e. The van der Waals surface area contributed by atoms with E-state index in [9.17, 15) is 15.2 Å². The molecule has 0 aromatic heterocycles. The Morgan fingerprint density at radius 2 is 2.33 bits per heavy atom. The Bertz CT molecular complexity index is 453. The average Bonchev–Trinajstić information content (AvgIpc) is 2.78. The summed E-state index contributed by atoms with van der Waals surface area (Å²) >= 11 is 6.05. The third-order valence-corrected chi connectivity index (χ3v) is 3.72. The van der Waals surface area contributed by atoms with E-state index in [-0.39, 0.29) is 18.3 Å². The minimum absolute atomic E-state index is 0.0473. The molecule has 0 saturated carbocycles. The second kappa shape index (κ2) is 5.65. The predicted molar refractivity (Wildman–Crippen MR) is 68.6 cm³/mol. The van der Waals surface area contributed by atoms with Gasteiger partial charge < -0.3 is 5.11 Å². The molecule has 2 rings (SSSR count). The van der Waals surface area contributed by atoms with Crippen LogP contribution in [0.25, 0.3) is 0 Å². The van der Waals surface area contributed by atoms with E-state index in [4.69, 9.17) is 11.6 Å². The number of hydrogen-bond donors (Lipinski definition) is 1. The van der Waals surface area contributed by atoms with Crippen LogP contribution < -0.4 is 0 Å². The summed E-state index contributed by atoms with van der Waals surface area (Å²) in [4.78, 5) is 12.6. The van der Waals surface area contributed by atoms with E-state index in [1.54, 1.807) is 12.1 Å². The van der Waals surface area contributed by atoms with Crippen molar-refractivity contribution < 1.29 is 10.0 Å². The topological polar surface area (TPSA) is 66.6 Å². The first-order valence-electron chi connectivity index (χ1n) is 5.90. The van der Waals surface area contributed by atoms with Gasteiger partial charge >= 0.3 is 0 Å². The maximum Gasteiger partial charge on any atom is 0.275 e. The van der Waals surface area contributed by atoms with Crippen LogP contribution in [0.3, 0.4) is 0 Å². The molecule has 0 radical (unpaired) electrons. The molecule has 1 aliphatic heterocycles. The number of nitro benzene ring substituents is 1. The maximum absolute atomic E-state index is 11.0. The van der Waals surface area contributed by atoms with E-state index in [0.717, 1.165) is 19.4 Å². The smallest absolute Gasteiger partial charge is 0.275 e. The van der Waals surface area contributed by atoms with Crippen molar-refractivity contribution in [2.75, 3.05) is 13.2 Å². The van der Waals surface area contributed by atoms with Crippen molar-refractivity contribution in [2.24, 2.45) is 0 Å². The summed E-state index contributed by atoms with van der Waals surface area (Å²) in [7, 11) is 0. The van der Waals surface area contributed by atoms with Crippen molar-refractivity contribution in [2.45, 2.75) is 25.4 Å². The Morgan fingerprint density at radius 1 is 1.56 bits per heavy atom. The van der Waals surface area contributed by atoms with Gasteiger partial charge in [0, 0.05) is 18.7 Å². The molecule has 0 bridgehead atoms. The molecule has 1 saturated heterocycles. The van der Waals surface area contributed by atoms with Crippen LogP contribution in [0, 0.1) is 10.1 Å². The summed E-state index contributed by atoms with van der Waals surface area (Å²) in [5.74, 6) is 0. The van der Waals surface area contributed by atoms with E-state index in [1.807, 2.05) is 4.90 Å². The molecule has 1 fully saturated rings. The predicted octanol–water partition coefficient (Wildman–Crippen LogP) is 2.20. The van der Waals surface area contributed by atoms with Crippen molar-refractivity contribution in [1.29, 1.82) is 0 Å². The van der Waals surface area contributed by atoms with Gasteiger partial charge in [0.15, 0.2) is 0 Å². The van der Waals surface area contributed by atoms with Crippen LogP contribution in [0.5, 0.6) is 0 Å². The number of aliphatic hydroxyl groups is 1. The molecular weight excluding hydrogens is 256 g/mol. The molecule has 1 aliphatic rings. The molecule has 0 amide bonds. The molecule has 1 unspecified atom stereocenters. The highest BCUT2D eigenvalue weighted by atomic mass is 35.5. The quantitative estimate of drug-likeness (QED) is 0.673. The third kappa shape index (κ3) is 2.63. The van der Waals surface area contributed by atoms with Crippen LogP contribution in [0.4, 0.5) is 5.69 Å². The molecule has 1 heterocycles. The summed E-state index contributed by atoms with van der Waals surface area (Å²) in [5, 5.41) is 20.6. The number of hydrogen-bond acceptors (Lipinski definition) is 4. The first-order chi connectivity index (χ1) is 8.63. The molecule has 5 nitrogen and oxygen atoms in total. The highest BCUT2D eigenvalue weighted by molar-refractivity contribution is 6.31. The first-order valence-corrected chi connectivity index (χ1v) is 6.28. The summed E-state index contributed by atoms with van der Waals surface area (Å²) in [6.45, 7) is 1.34. The van der Waals surface area contributed by atoms with Gasteiger partial charge in [-0.25, -0.2) is 0 Å². The molecule has 98 valence electrons. The maximum atomic E-state index is 11.0. The largest absolute Gasteiger partial charge is 0.395 e. The summed E-state index contributed by atoms with van der Waals surface area (Å²) in [5.41, 5.74) is 0.579. The fourth-order valence-corrected chi connectivity index (χ4v) is 2.62. The molecule has 1 N–H and O–H groups in total. The average molecular weight is 271 g/mol. The normalized spacial score (nSPS) is 20.2. The second-order valence-electron chi connectivity index (χ2n) is 4.44. The van der Waals surface area contributed by atoms with Crippen molar-refractivity contribution >= 4 is 17.3 Å². The fourth-order valence-electron chi connectivity index (χ4n) is 2.39.